The van der Waals surface area contributed by atoms with Gasteiger partial charge in [-0.1, -0.05) is 33.6 Å². The van der Waals surface area contributed by atoms with Crippen LogP contribution in [0, 0.1) is 0 Å². The zero-order chi connectivity index (χ0) is 17.3. The van der Waals surface area contributed by atoms with Crippen molar-refractivity contribution in [2.24, 2.45) is 0 Å². The molecule has 1 aliphatic carbocycles. The average molecular weight is 408 g/mol. The molecule has 0 saturated carbocycles. The Balaban J connectivity index is 1.96. The van der Waals surface area contributed by atoms with Crippen molar-refractivity contribution in [1.82, 2.24) is 4.98 Å². The zero-order valence-corrected chi connectivity index (χ0v) is 14.9. The Morgan fingerprint density at radius 2 is 2.08 bits per heavy atom. The number of anilines is 1. The second kappa shape index (κ2) is 6.75. The van der Waals surface area contributed by atoms with Crippen LogP contribution in [0.4, 0.5) is 5.82 Å². The molecule has 122 valence electrons. The zero-order valence-electron chi connectivity index (χ0n) is 12.6. The normalized spacial score (nSPS) is 12.8. The van der Waals surface area contributed by atoms with E-state index >= 15 is 0 Å². The summed E-state index contributed by atoms with van der Waals surface area (Å²) in [6.07, 6.45) is 1.78. The standard InChI is InChI=1S/C17H12BrClN2O3/c1-24-17(23)15-12-4-2-10(18)6-9(12)7-13(15)16(22)21-14-5-3-11(19)8-20-14/h2-6,8H,7H2,1H3,(H,20,21,22). The Bertz CT molecular complexity index is 863. The van der Waals surface area contributed by atoms with E-state index in [2.05, 4.69) is 26.2 Å². The van der Waals surface area contributed by atoms with Crippen LogP contribution in [0.3, 0.4) is 0 Å². The third kappa shape index (κ3) is 3.20. The molecule has 1 amide bonds. The van der Waals surface area contributed by atoms with E-state index in [0.29, 0.717) is 28.4 Å². The van der Waals surface area contributed by atoms with E-state index in [4.69, 9.17) is 16.3 Å². The van der Waals surface area contributed by atoms with Gasteiger partial charge in [0.25, 0.3) is 5.91 Å². The number of halogens is 2. The number of amides is 1. The second-order valence-electron chi connectivity index (χ2n) is 5.14. The molecule has 0 saturated heterocycles. The fourth-order valence-electron chi connectivity index (χ4n) is 2.56. The van der Waals surface area contributed by atoms with Gasteiger partial charge in [0, 0.05) is 22.7 Å². The van der Waals surface area contributed by atoms with Crippen LogP contribution in [-0.4, -0.2) is 24.0 Å². The summed E-state index contributed by atoms with van der Waals surface area (Å²) in [5.41, 5.74) is 2.23. The van der Waals surface area contributed by atoms with Crippen LogP contribution in [0.25, 0.3) is 5.57 Å². The quantitative estimate of drug-likeness (QED) is 0.789. The Kier molecular flexibility index (Phi) is 4.69. The van der Waals surface area contributed by atoms with E-state index < -0.39 is 11.9 Å². The van der Waals surface area contributed by atoms with Crippen LogP contribution < -0.4 is 5.32 Å². The number of esters is 1. The average Bonchev–Trinajstić information content (AvgIpc) is 2.94. The molecule has 0 bridgehead atoms. The molecule has 24 heavy (non-hydrogen) atoms. The third-order valence-electron chi connectivity index (χ3n) is 3.64. The topological polar surface area (TPSA) is 68.3 Å². The van der Waals surface area contributed by atoms with E-state index in [9.17, 15) is 9.59 Å². The minimum atomic E-state index is -0.537. The van der Waals surface area contributed by atoms with Gasteiger partial charge in [0.2, 0.25) is 0 Å². The van der Waals surface area contributed by atoms with Gasteiger partial charge in [-0.25, -0.2) is 9.78 Å². The number of hydrogen-bond acceptors (Lipinski definition) is 4. The molecule has 1 aliphatic rings. The van der Waals surface area contributed by atoms with Crippen LogP contribution in [-0.2, 0) is 20.7 Å². The highest BCUT2D eigenvalue weighted by atomic mass is 79.9. The van der Waals surface area contributed by atoms with Crippen LogP contribution in [0.5, 0.6) is 0 Å². The molecule has 1 aromatic carbocycles. The van der Waals surface area contributed by atoms with Gasteiger partial charge in [0.1, 0.15) is 5.82 Å². The summed E-state index contributed by atoms with van der Waals surface area (Å²) in [5, 5.41) is 3.16. The number of aromatic nitrogens is 1. The van der Waals surface area contributed by atoms with Crippen molar-refractivity contribution in [3.8, 4) is 0 Å². The van der Waals surface area contributed by atoms with Gasteiger partial charge in [-0.05, 0) is 35.4 Å². The fourth-order valence-corrected chi connectivity index (χ4v) is 3.08. The summed E-state index contributed by atoms with van der Waals surface area (Å²) in [6, 6.07) is 8.73. The van der Waals surface area contributed by atoms with E-state index in [-0.39, 0.29) is 5.57 Å². The molecule has 0 spiro atoms. The van der Waals surface area contributed by atoms with Gasteiger partial charge in [-0.2, -0.15) is 0 Å². The number of rotatable bonds is 3. The first-order valence-corrected chi connectivity index (χ1v) is 8.20. The molecule has 5 nitrogen and oxygen atoms in total. The first kappa shape index (κ1) is 16.7. The highest BCUT2D eigenvalue weighted by molar-refractivity contribution is 9.10. The molecule has 3 rings (SSSR count). The van der Waals surface area contributed by atoms with Crippen molar-refractivity contribution in [1.29, 1.82) is 0 Å². The van der Waals surface area contributed by atoms with Gasteiger partial charge in [0.05, 0.1) is 17.7 Å². The van der Waals surface area contributed by atoms with E-state index in [1.165, 1.54) is 13.3 Å². The predicted octanol–water partition coefficient (Wildman–Crippen LogP) is 3.62. The van der Waals surface area contributed by atoms with Gasteiger partial charge in [-0.15, -0.1) is 0 Å². The van der Waals surface area contributed by atoms with Crippen molar-refractivity contribution in [2.45, 2.75) is 6.42 Å². The summed E-state index contributed by atoms with van der Waals surface area (Å²) in [6.45, 7) is 0. The fraction of sp³-hybridized carbons (Fsp3) is 0.118. The number of pyridine rings is 1. The smallest absolute Gasteiger partial charge is 0.338 e. The van der Waals surface area contributed by atoms with Crippen molar-refractivity contribution < 1.29 is 14.3 Å². The Morgan fingerprint density at radius 1 is 1.29 bits per heavy atom. The lowest BCUT2D eigenvalue weighted by Crippen LogP contribution is -2.18. The highest BCUT2D eigenvalue weighted by Gasteiger charge is 2.31. The molecule has 0 unspecified atom stereocenters. The minimum absolute atomic E-state index is 0.284. The molecule has 1 heterocycles. The maximum absolute atomic E-state index is 12.6. The van der Waals surface area contributed by atoms with Gasteiger partial charge in [-0.3, -0.25) is 4.79 Å². The summed E-state index contributed by atoms with van der Waals surface area (Å²) in [4.78, 5) is 28.8. The Morgan fingerprint density at radius 3 is 2.75 bits per heavy atom. The number of fused-ring (bicyclic) bond motifs is 1. The molecule has 0 atom stereocenters. The maximum Gasteiger partial charge on any atom is 0.338 e. The number of nitrogens with one attached hydrogen (secondary N) is 1. The predicted molar refractivity (Wildman–Crippen MR) is 94.7 cm³/mol. The maximum atomic E-state index is 12.6. The van der Waals surface area contributed by atoms with Crippen LogP contribution in [0.1, 0.15) is 11.1 Å². The van der Waals surface area contributed by atoms with Crippen molar-refractivity contribution in [3.05, 3.63) is 62.7 Å². The first-order valence-electron chi connectivity index (χ1n) is 7.02. The number of benzene rings is 1. The lowest BCUT2D eigenvalue weighted by atomic mass is 10.1. The van der Waals surface area contributed by atoms with Crippen LogP contribution >= 0.6 is 27.5 Å². The SMILES string of the molecule is COC(=O)C1=C(C(=O)Nc2ccc(Cl)cn2)Cc2cc(Br)ccc21. The minimum Gasteiger partial charge on any atom is -0.465 e. The second-order valence-corrected chi connectivity index (χ2v) is 6.49. The summed E-state index contributed by atoms with van der Waals surface area (Å²) in [5.74, 6) is -0.568. The van der Waals surface area contributed by atoms with E-state index in [0.717, 1.165) is 10.0 Å². The number of nitrogens with zero attached hydrogens (tertiary/aromatic N) is 1. The molecule has 1 N–H and O–H groups in total. The number of ether oxygens (including phenoxy) is 1. The molecular weight excluding hydrogens is 396 g/mol. The Hall–Kier alpha value is -2.18. The number of hydrogen-bond donors (Lipinski definition) is 1. The summed E-state index contributed by atoms with van der Waals surface area (Å²) >= 11 is 9.18. The first-order chi connectivity index (χ1) is 11.5. The number of carbonyl (C=O) groups excluding carboxylic acids is 2. The highest BCUT2D eigenvalue weighted by Crippen LogP contribution is 2.35. The molecule has 1 aromatic heterocycles. The molecule has 0 fully saturated rings. The van der Waals surface area contributed by atoms with Crippen LogP contribution in [0.15, 0.2) is 46.6 Å². The van der Waals surface area contributed by atoms with Crippen LogP contribution in [0.2, 0.25) is 5.02 Å². The molecule has 0 aliphatic heterocycles. The molecule has 2 aromatic rings. The third-order valence-corrected chi connectivity index (χ3v) is 4.36. The van der Waals surface area contributed by atoms with Crippen molar-refractivity contribution >= 4 is 50.8 Å². The van der Waals surface area contributed by atoms with Crippen molar-refractivity contribution in [3.63, 3.8) is 0 Å². The summed E-state index contributed by atoms with van der Waals surface area (Å²) < 4.78 is 5.73. The molecule has 0 radical (unpaired) electrons. The van der Waals surface area contributed by atoms with E-state index in [1.54, 1.807) is 18.2 Å². The largest absolute Gasteiger partial charge is 0.465 e. The van der Waals surface area contributed by atoms with E-state index in [1.807, 2.05) is 12.1 Å². The van der Waals surface area contributed by atoms with Crippen molar-refractivity contribution in [2.75, 3.05) is 12.4 Å². The molecular formula is C17H12BrClN2O3. The van der Waals surface area contributed by atoms with Gasteiger partial charge < -0.3 is 10.1 Å². The van der Waals surface area contributed by atoms with Gasteiger partial charge in [0.15, 0.2) is 0 Å². The monoisotopic (exact) mass is 406 g/mol. The summed E-state index contributed by atoms with van der Waals surface area (Å²) in [7, 11) is 1.29. The number of methoxy groups -OCH3 is 1. The lowest BCUT2D eigenvalue weighted by molar-refractivity contribution is -0.134. The van der Waals surface area contributed by atoms with Gasteiger partial charge >= 0.3 is 5.97 Å². The number of carbonyl (C=O) groups is 2. The Labute approximate surface area is 151 Å². The lowest BCUT2D eigenvalue weighted by Gasteiger charge is -2.07. The molecule has 7 heteroatoms.